The maximum atomic E-state index is 12.6. The van der Waals surface area contributed by atoms with Gasteiger partial charge in [0.05, 0.1) is 10.5 Å². The quantitative estimate of drug-likeness (QED) is 0.409. The Balaban J connectivity index is 2.30. The van der Waals surface area contributed by atoms with Crippen molar-refractivity contribution < 1.29 is 22.7 Å². The highest BCUT2D eigenvalue weighted by Gasteiger charge is 2.23. The molecule has 12 heteroatoms. The number of nitrogen functional groups attached to an aromatic ring is 1. The van der Waals surface area contributed by atoms with E-state index >= 15 is 0 Å². The number of esters is 1. The number of carbonyl (C=O) groups excluding carboxylic acids is 2. The van der Waals surface area contributed by atoms with Crippen LogP contribution in [0.2, 0.25) is 0 Å². The average molecular weight is 452 g/mol. The second-order valence-electron chi connectivity index (χ2n) is 7.15. The molecule has 0 aliphatic carbocycles. The molecule has 0 atom stereocenters. The summed E-state index contributed by atoms with van der Waals surface area (Å²) in [5, 5.41) is 0. The second kappa shape index (κ2) is 9.27. The lowest BCUT2D eigenvalue weighted by Crippen LogP contribution is -2.43. The lowest BCUT2D eigenvalue weighted by atomic mass is 10.1. The molecule has 0 bridgehead atoms. The molecule has 1 aromatic carbocycles. The molecule has 0 spiro atoms. The maximum absolute atomic E-state index is 12.6. The van der Waals surface area contributed by atoms with Crippen LogP contribution in [0.5, 0.6) is 0 Å². The summed E-state index contributed by atoms with van der Waals surface area (Å²) in [7, 11) is -1.34. The monoisotopic (exact) mass is 452 g/mol. The highest BCUT2D eigenvalue weighted by atomic mass is 32.2. The summed E-state index contributed by atoms with van der Waals surface area (Å²) in [6.45, 7) is 3.04. The topological polar surface area (TPSA) is 160 Å². The van der Waals surface area contributed by atoms with E-state index in [4.69, 9.17) is 10.5 Å². The third kappa shape index (κ3) is 5.09. The van der Waals surface area contributed by atoms with Gasteiger partial charge in [0.15, 0.2) is 6.61 Å². The number of nitrogens with one attached hydrogen (secondary N) is 1. The molecule has 0 unspecified atom stereocenters. The molecule has 11 nitrogen and oxygen atoms in total. The minimum atomic E-state index is -3.78. The lowest BCUT2D eigenvalue weighted by molar-refractivity contribution is 0.0474. The maximum Gasteiger partial charge on any atom is 0.338 e. The number of ketones is 1. The number of hydrogen-bond donors (Lipinski definition) is 2. The van der Waals surface area contributed by atoms with E-state index in [9.17, 15) is 27.6 Å². The van der Waals surface area contributed by atoms with Crippen LogP contribution >= 0.6 is 0 Å². The fraction of sp³-hybridized carbons (Fsp3) is 0.368. The molecule has 0 fully saturated rings. The van der Waals surface area contributed by atoms with E-state index in [-0.39, 0.29) is 28.7 Å². The molecule has 1 heterocycles. The van der Waals surface area contributed by atoms with Crippen LogP contribution < -0.4 is 21.7 Å². The van der Waals surface area contributed by atoms with Crippen molar-refractivity contribution in [3.05, 3.63) is 56.2 Å². The number of aromatic nitrogens is 2. The molecule has 168 valence electrons. The third-order valence-corrected chi connectivity index (χ3v) is 5.80. The number of anilines is 1. The van der Waals surface area contributed by atoms with Crippen LogP contribution in [0, 0.1) is 5.92 Å². The van der Waals surface area contributed by atoms with Gasteiger partial charge in [0, 0.05) is 13.6 Å². The first kappa shape index (κ1) is 24.0. The molecule has 0 aliphatic heterocycles. The second-order valence-corrected chi connectivity index (χ2v) is 9.03. The first-order valence-electron chi connectivity index (χ1n) is 9.24. The van der Waals surface area contributed by atoms with Gasteiger partial charge in [-0.3, -0.25) is 18.7 Å². The van der Waals surface area contributed by atoms with Crippen LogP contribution in [0.15, 0.2) is 38.8 Å². The molecule has 0 amide bonds. The summed E-state index contributed by atoms with van der Waals surface area (Å²) in [5.74, 6) is -2.14. The zero-order chi connectivity index (χ0) is 23.5. The highest BCUT2D eigenvalue weighted by Crippen LogP contribution is 2.13. The highest BCUT2D eigenvalue weighted by molar-refractivity contribution is 7.89. The Labute approximate surface area is 178 Å². The number of sulfonamides is 1. The van der Waals surface area contributed by atoms with E-state index in [1.807, 2.05) is 13.8 Å². The summed E-state index contributed by atoms with van der Waals surface area (Å²) < 4.78 is 32.7. The Morgan fingerprint density at radius 2 is 1.87 bits per heavy atom. The number of benzene rings is 1. The molecule has 0 radical (unpaired) electrons. The number of ether oxygens (including phenoxy) is 1. The van der Waals surface area contributed by atoms with Gasteiger partial charge in [-0.15, -0.1) is 0 Å². The Kier molecular flexibility index (Phi) is 7.18. The normalized spacial score (nSPS) is 11.5. The number of nitrogens with two attached hydrogens (primary N) is 1. The summed E-state index contributed by atoms with van der Waals surface area (Å²) in [4.78, 5) is 49.5. The van der Waals surface area contributed by atoms with E-state index < -0.39 is 45.2 Å². The van der Waals surface area contributed by atoms with E-state index in [1.54, 1.807) is 0 Å². The van der Waals surface area contributed by atoms with Gasteiger partial charge in [0.25, 0.3) is 5.56 Å². The van der Waals surface area contributed by atoms with Crippen LogP contribution in [0.1, 0.15) is 34.6 Å². The minimum absolute atomic E-state index is 0.0134. The van der Waals surface area contributed by atoms with Crippen molar-refractivity contribution in [3.63, 3.8) is 0 Å². The summed E-state index contributed by atoms with van der Waals surface area (Å²) in [6, 6.07) is 5.04. The van der Waals surface area contributed by atoms with Gasteiger partial charge in [-0.25, -0.2) is 22.7 Å². The molecule has 0 saturated carbocycles. The molecule has 3 N–H and O–H groups in total. The van der Waals surface area contributed by atoms with Crippen LogP contribution in [0.3, 0.4) is 0 Å². The van der Waals surface area contributed by atoms with Gasteiger partial charge in [0.2, 0.25) is 15.8 Å². The first-order valence-corrected chi connectivity index (χ1v) is 10.7. The Morgan fingerprint density at radius 3 is 2.45 bits per heavy atom. The van der Waals surface area contributed by atoms with Crippen molar-refractivity contribution in [2.24, 2.45) is 13.0 Å². The zero-order valence-electron chi connectivity index (χ0n) is 17.5. The molecule has 31 heavy (non-hydrogen) atoms. The Hall–Kier alpha value is -3.25. The summed E-state index contributed by atoms with van der Waals surface area (Å²) in [5.41, 5.74) is 3.80. The van der Waals surface area contributed by atoms with Crippen LogP contribution in [-0.4, -0.2) is 43.0 Å². The van der Waals surface area contributed by atoms with Crippen molar-refractivity contribution in [1.82, 2.24) is 13.9 Å². The predicted octanol–water partition coefficient (Wildman–Crippen LogP) is -0.267. The SMILES string of the molecule is CNS(=O)(=O)c1cccc(C(=O)OCC(=O)c2c(N)n(CC(C)C)c(=O)n(C)c2=O)c1. The fourth-order valence-electron chi connectivity index (χ4n) is 2.78. The van der Waals surface area contributed by atoms with Crippen LogP contribution in [-0.2, 0) is 28.4 Å². The Morgan fingerprint density at radius 1 is 1.23 bits per heavy atom. The van der Waals surface area contributed by atoms with Crippen molar-refractivity contribution in [3.8, 4) is 0 Å². The molecule has 2 aromatic rings. The standard InChI is InChI=1S/C19H24N4O7S/c1-11(2)9-23-16(20)15(17(25)22(4)19(23)27)14(24)10-30-18(26)12-6-5-7-13(8-12)31(28,29)21-3/h5-8,11,21H,9-10,20H2,1-4H3. The van der Waals surface area contributed by atoms with Gasteiger partial charge in [-0.1, -0.05) is 19.9 Å². The molecule has 2 rings (SSSR count). The van der Waals surface area contributed by atoms with E-state index in [1.165, 1.54) is 32.3 Å². The van der Waals surface area contributed by atoms with E-state index in [0.717, 1.165) is 15.2 Å². The largest absolute Gasteiger partial charge is 0.454 e. The van der Waals surface area contributed by atoms with Crippen LogP contribution in [0.4, 0.5) is 5.82 Å². The summed E-state index contributed by atoms with van der Waals surface area (Å²) >= 11 is 0. The van der Waals surface area contributed by atoms with Crippen molar-refractivity contribution in [2.45, 2.75) is 25.3 Å². The van der Waals surface area contributed by atoms with Gasteiger partial charge in [-0.05, 0) is 31.2 Å². The minimum Gasteiger partial charge on any atom is -0.454 e. The number of hydrogen-bond acceptors (Lipinski definition) is 8. The Bertz CT molecular complexity index is 1240. The average Bonchev–Trinajstić information content (AvgIpc) is 2.73. The summed E-state index contributed by atoms with van der Waals surface area (Å²) in [6.07, 6.45) is 0. The lowest BCUT2D eigenvalue weighted by Gasteiger charge is -2.16. The van der Waals surface area contributed by atoms with Gasteiger partial charge >= 0.3 is 11.7 Å². The number of carbonyl (C=O) groups is 2. The molecular weight excluding hydrogens is 428 g/mol. The van der Waals surface area contributed by atoms with Crippen molar-refractivity contribution in [2.75, 3.05) is 19.4 Å². The number of Topliss-reactive ketones (excluding diaryl/α,β-unsaturated/α-hetero) is 1. The molecule has 0 saturated heterocycles. The fourth-order valence-corrected chi connectivity index (χ4v) is 3.56. The number of nitrogens with zero attached hydrogens (tertiary/aromatic N) is 2. The number of rotatable bonds is 8. The van der Waals surface area contributed by atoms with Crippen molar-refractivity contribution >= 4 is 27.6 Å². The van der Waals surface area contributed by atoms with Gasteiger partial charge < -0.3 is 10.5 Å². The smallest absolute Gasteiger partial charge is 0.338 e. The first-order chi connectivity index (χ1) is 14.4. The zero-order valence-corrected chi connectivity index (χ0v) is 18.4. The van der Waals surface area contributed by atoms with Gasteiger partial charge in [-0.2, -0.15) is 0 Å². The van der Waals surface area contributed by atoms with E-state index in [0.29, 0.717) is 0 Å². The van der Waals surface area contributed by atoms with E-state index in [2.05, 4.69) is 4.72 Å². The third-order valence-electron chi connectivity index (χ3n) is 4.39. The van der Waals surface area contributed by atoms with Crippen LogP contribution in [0.25, 0.3) is 0 Å². The van der Waals surface area contributed by atoms with Gasteiger partial charge in [0.1, 0.15) is 11.4 Å². The van der Waals surface area contributed by atoms with Crippen molar-refractivity contribution in [1.29, 1.82) is 0 Å². The molecule has 1 aromatic heterocycles. The predicted molar refractivity (Wildman–Crippen MR) is 112 cm³/mol. The molecule has 0 aliphatic rings. The molecular formula is C19H24N4O7S.